The van der Waals surface area contributed by atoms with Gasteiger partial charge in [0.2, 0.25) is 5.13 Å². The van der Waals surface area contributed by atoms with E-state index >= 15 is 0 Å². The summed E-state index contributed by atoms with van der Waals surface area (Å²) >= 11 is 1.38. The second kappa shape index (κ2) is 7.47. The van der Waals surface area contributed by atoms with E-state index in [9.17, 15) is 4.79 Å². The molecular weight excluding hydrogens is 366 g/mol. The number of aromatic nitrogens is 2. The SMILES string of the molecule is CC(C)(C)c1ccc(C(=O)Nc2nnc(-c3ccc(C(C)(C)C)cc3)s2)cc1. The van der Waals surface area contributed by atoms with Crippen molar-refractivity contribution in [2.45, 2.75) is 52.4 Å². The zero-order valence-electron chi connectivity index (χ0n) is 17.3. The van der Waals surface area contributed by atoms with Gasteiger partial charge < -0.3 is 0 Å². The third-order valence-electron chi connectivity index (χ3n) is 4.66. The van der Waals surface area contributed by atoms with Crippen LogP contribution in [0.2, 0.25) is 0 Å². The van der Waals surface area contributed by atoms with Crippen molar-refractivity contribution in [2.24, 2.45) is 0 Å². The van der Waals surface area contributed by atoms with Crippen LogP contribution in [0.3, 0.4) is 0 Å². The number of benzene rings is 2. The minimum atomic E-state index is -0.175. The fourth-order valence-corrected chi connectivity index (χ4v) is 3.54. The first-order chi connectivity index (χ1) is 13.0. The van der Waals surface area contributed by atoms with Crippen LogP contribution in [0, 0.1) is 0 Å². The Balaban J connectivity index is 1.71. The van der Waals surface area contributed by atoms with E-state index in [2.05, 4.69) is 81.3 Å². The average Bonchev–Trinajstić information content (AvgIpc) is 3.09. The highest BCUT2D eigenvalue weighted by Crippen LogP contribution is 2.29. The molecule has 3 aromatic rings. The molecule has 0 saturated carbocycles. The van der Waals surface area contributed by atoms with Crippen LogP contribution in [0.1, 0.15) is 63.0 Å². The van der Waals surface area contributed by atoms with Gasteiger partial charge in [-0.15, -0.1) is 10.2 Å². The lowest BCUT2D eigenvalue weighted by Gasteiger charge is -2.18. The van der Waals surface area contributed by atoms with Gasteiger partial charge in [0.05, 0.1) is 0 Å². The van der Waals surface area contributed by atoms with Crippen LogP contribution in [0.4, 0.5) is 5.13 Å². The summed E-state index contributed by atoms with van der Waals surface area (Å²) in [6, 6.07) is 16.0. The quantitative estimate of drug-likeness (QED) is 0.589. The van der Waals surface area contributed by atoms with Gasteiger partial charge in [0.1, 0.15) is 5.01 Å². The molecule has 1 heterocycles. The van der Waals surface area contributed by atoms with Gasteiger partial charge in [-0.25, -0.2) is 0 Å². The van der Waals surface area contributed by atoms with Crippen LogP contribution in [-0.4, -0.2) is 16.1 Å². The van der Waals surface area contributed by atoms with Crippen molar-refractivity contribution in [1.82, 2.24) is 10.2 Å². The molecule has 146 valence electrons. The number of rotatable bonds is 3. The number of carbonyl (C=O) groups excluding carboxylic acids is 1. The van der Waals surface area contributed by atoms with Crippen LogP contribution >= 0.6 is 11.3 Å². The minimum Gasteiger partial charge on any atom is -0.296 e. The van der Waals surface area contributed by atoms with Gasteiger partial charge in [-0.2, -0.15) is 0 Å². The topological polar surface area (TPSA) is 54.9 Å². The van der Waals surface area contributed by atoms with Crippen LogP contribution in [0.25, 0.3) is 10.6 Å². The molecule has 0 aliphatic carbocycles. The summed E-state index contributed by atoms with van der Waals surface area (Å²) in [6.45, 7) is 13.0. The second-order valence-electron chi connectivity index (χ2n) is 9.02. The van der Waals surface area contributed by atoms with E-state index in [4.69, 9.17) is 0 Å². The van der Waals surface area contributed by atoms with Crippen LogP contribution in [0.5, 0.6) is 0 Å². The van der Waals surface area contributed by atoms with Gasteiger partial charge in [-0.05, 0) is 34.1 Å². The maximum Gasteiger partial charge on any atom is 0.257 e. The maximum atomic E-state index is 12.5. The van der Waals surface area contributed by atoms with Gasteiger partial charge >= 0.3 is 0 Å². The Bertz CT molecular complexity index is 959. The average molecular weight is 394 g/mol. The van der Waals surface area contributed by atoms with Crippen molar-refractivity contribution in [3.05, 3.63) is 65.2 Å². The largest absolute Gasteiger partial charge is 0.296 e. The predicted molar refractivity (Wildman–Crippen MR) is 117 cm³/mol. The maximum absolute atomic E-state index is 12.5. The van der Waals surface area contributed by atoms with Gasteiger partial charge in [-0.1, -0.05) is 89.3 Å². The smallest absolute Gasteiger partial charge is 0.257 e. The van der Waals surface area contributed by atoms with Crippen LogP contribution < -0.4 is 5.32 Å². The Morgan fingerprint density at radius 1 is 0.786 bits per heavy atom. The van der Waals surface area contributed by atoms with E-state index in [-0.39, 0.29) is 16.7 Å². The summed E-state index contributed by atoms with van der Waals surface area (Å²) in [5.41, 5.74) is 4.25. The van der Waals surface area contributed by atoms with Gasteiger partial charge in [0.25, 0.3) is 5.91 Å². The summed E-state index contributed by atoms with van der Waals surface area (Å²) < 4.78 is 0. The van der Waals surface area contributed by atoms with Crippen molar-refractivity contribution >= 4 is 22.4 Å². The van der Waals surface area contributed by atoms with Crippen molar-refractivity contribution in [3.8, 4) is 10.6 Å². The number of carbonyl (C=O) groups is 1. The van der Waals surface area contributed by atoms with Crippen molar-refractivity contribution < 1.29 is 4.79 Å². The number of hydrogen-bond donors (Lipinski definition) is 1. The van der Waals surface area contributed by atoms with E-state index in [1.54, 1.807) is 0 Å². The highest BCUT2D eigenvalue weighted by atomic mass is 32.1. The molecule has 0 atom stereocenters. The van der Waals surface area contributed by atoms with Crippen molar-refractivity contribution in [3.63, 3.8) is 0 Å². The normalized spacial score (nSPS) is 12.1. The lowest BCUT2D eigenvalue weighted by Crippen LogP contribution is -2.14. The fourth-order valence-electron chi connectivity index (χ4n) is 2.79. The molecule has 0 aliphatic rings. The minimum absolute atomic E-state index is 0.0612. The number of nitrogens with zero attached hydrogens (tertiary/aromatic N) is 2. The molecule has 1 amide bonds. The zero-order chi connectivity index (χ0) is 20.5. The predicted octanol–water partition coefficient (Wildman–Crippen LogP) is 6.05. The van der Waals surface area contributed by atoms with Crippen molar-refractivity contribution in [2.75, 3.05) is 5.32 Å². The molecule has 0 saturated heterocycles. The molecule has 0 spiro atoms. The molecule has 3 rings (SSSR count). The van der Waals surface area contributed by atoms with Gasteiger partial charge in [0, 0.05) is 11.1 Å². The first-order valence-corrected chi connectivity index (χ1v) is 10.2. The number of amides is 1. The highest BCUT2D eigenvalue weighted by Gasteiger charge is 2.16. The standard InChI is InChI=1S/C23H27N3OS/c1-22(2,3)17-11-7-15(8-12-17)19(27)24-21-26-25-20(28-21)16-9-13-18(14-10-16)23(4,5)6/h7-14H,1-6H3,(H,24,26,27). The van der Waals surface area contributed by atoms with E-state index in [0.29, 0.717) is 10.7 Å². The molecule has 1 aromatic heterocycles. The molecule has 1 N–H and O–H groups in total. The Kier molecular flexibility index (Phi) is 5.39. The summed E-state index contributed by atoms with van der Waals surface area (Å²) in [5.74, 6) is -0.175. The molecule has 0 bridgehead atoms. The van der Waals surface area contributed by atoms with Gasteiger partial charge in [0.15, 0.2) is 0 Å². The molecule has 28 heavy (non-hydrogen) atoms. The summed E-state index contributed by atoms with van der Waals surface area (Å²) in [6.07, 6.45) is 0. The number of anilines is 1. The Morgan fingerprint density at radius 3 is 1.79 bits per heavy atom. The van der Waals surface area contributed by atoms with Gasteiger partial charge in [-0.3, -0.25) is 10.1 Å². The molecule has 0 unspecified atom stereocenters. The highest BCUT2D eigenvalue weighted by molar-refractivity contribution is 7.18. The Labute approximate surface area is 171 Å². The Morgan fingerprint density at radius 2 is 1.29 bits per heavy atom. The molecular formula is C23H27N3OS. The monoisotopic (exact) mass is 393 g/mol. The number of hydrogen-bond acceptors (Lipinski definition) is 4. The summed E-state index contributed by atoms with van der Waals surface area (Å²) in [5, 5.41) is 12.5. The third kappa shape index (κ3) is 4.65. The molecule has 2 aromatic carbocycles. The fraction of sp³-hybridized carbons (Fsp3) is 0.348. The van der Waals surface area contributed by atoms with Crippen LogP contribution in [0.15, 0.2) is 48.5 Å². The van der Waals surface area contributed by atoms with Crippen molar-refractivity contribution in [1.29, 1.82) is 0 Å². The molecule has 0 aliphatic heterocycles. The third-order valence-corrected chi connectivity index (χ3v) is 5.54. The molecule has 4 nitrogen and oxygen atoms in total. The number of nitrogens with one attached hydrogen (secondary N) is 1. The van der Waals surface area contributed by atoms with E-state index in [1.165, 1.54) is 22.5 Å². The summed E-state index contributed by atoms with van der Waals surface area (Å²) in [4.78, 5) is 12.5. The van der Waals surface area contributed by atoms with E-state index in [1.807, 2.05) is 24.3 Å². The zero-order valence-corrected chi connectivity index (χ0v) is 18.1. The summed E-state index contributed by atoms with van der Waals surface area (Å²) in [7, 11) is 0. The lowest BCUT2D eigenvalue weighted by molar-refractivity contribution is 0.102. The van der Waals surface area contributed by atoms with Crippen LogP contribution in [-0.2, 0) is 10.8 Å². The molecule has 5 heteroatoms. The first-order valence-electron chi connectivity index (χ1n) is 9.40. The molecule has 0 radical (unpaired) electrons. The lowest BCUT2D eigenvalue weighted by atomic mass is 9.87. The van der Waals surface area contributed by atoms with E-state index < -0.39 is 0 Å². The second-order valence-corrected chi connectivity index (χ2v) is 10.00. The first kappa shape index (κ1) is 20.2. The molecule has 0 fully saturated rings. The Hall–Kier alpha value is -2.53. The van der Waals surface area contributed by atoms with E-state index in [0.717, 1.165) is 10.6 Å².